The van der Waals surface area contributed by atoms with Crippen LogP contribution in [0.2, 0.25) is 5.02 Å². The molecule has 0 atom stereocenters. The van der Waals surface area contributed by atoms with Crippen LogP contribution in [0, 0.1) is 0 Å². The minimum Gasteiger partial charge on any atom is -0.338 e. The summed E-state index contributed by atoms with van der Waals surface area (Å²) in [5, 5.41) is 14.1. The first kappa shape index (κ1) is 17.7. The molecule has 4 rings (SSSR count). The highest BCUT2D eigenvalue weighted by atomic mass is 35.5. The van der Waals surface area contributed by atoms with Crippen LogP contribution in [0.3, 0.4) is 0 Å². The largest absolute Gasteiger partial charge is 0.338 e. The van der Waals surface area contributed by atoms with Crippen molar-refractivity contribution in [1.29, 1.82) is 0 Å². The molecule has 3 aromatic heterocycles. The minimum atomic E-state index is 0.502. The van der Waals surface area contributed by atoms with Gasteiger partial charge in [-0.15, -0.1) is 10.2 Å². The maximum absolute atomic E-state index is 6.02. The van der Waals surface area contributed by atoms with Gasteiger partial charge < -0.3 is 9.09 Å². The van der Waals surface area contributed by atoms with Crippen molar-refractivity contribution in [3.05, 3.63) is 59.7 Å². The van der Waals surface area contributed by atoms with E-state index in [-0.39, 0.29) is 0 Å². The summed E-state index contributed by atoms with van der Waals surface area (Å²) in [6, 6.07) is 11.2. The molecule has 0 aliphatic rings. The Morgan fingerprint density at radius 2 is 1.96 bits per heavy atom. The third-order valence-electron chi connectivity index (χ3n) is 3.85. The van der Waals surface area contributed by atoms with Crippen LogP contribution in [0.15, 0.2) is 58.5 Å². The van der Waals surface area contributed by atoms with Crippen molar-refractivity contribution in [1.82, 2.24) is 29.9 Å². The number of nitrogens with zero attached hydrogens (tertiary/aromatic N) is 6. The van der Waals surface area contributed by atoms with Crippen molar-refractivity contribution < 1.29 is 4.52 Å². The Bertz CT molecular complexity index is 1050. The highest BCUT2D eigenvalue weighted by Gasteiger charge is 2.15. The standard InChI is InChI=1S/C18H15ClN6OS/c1-2-25-17(12-6-8-20-9-7-12)22-23-18(25)27-11-15-21-16(24-26-15)13-4-3-5-14(19)10-13/h3-10H,2,11H2,1H3. The van der Waals surface area contributed by atoms with E-state index in [4.69, 9.17) is 16.1 Å². The normalized spacial score (nSPS) is 11.0. The zero-order chi connectivity index (χ0) is 18.6. The molecule has 0 bridgehead atoms. The molecular weight excluding hydrogens is 384 g/mol. The summed E-state index contributed by atoms with van der Waals surface area (Å²) in [6.45, 7) is 2.81. The molecule has 136 valence electrons. The molecule has 0 spiro atoms. The fraction of sp³-hybridized carbons (Fsp3) is 0.167. The van der Waals surface area contributed by atoms with Gasteiger partial charge in [0.05, 0.1) is 5.75 Å². The fourth-order valence-corrected chi connectivity index (χ4v) is 3.61. The third kappa shape index (κ3) is 3.86. The highest BCUT2D eigenvalue weighted by molar-refractivity contribution is 7.98. The van der Waals surface area contributed by atoms with Gasteiger partial charge in [-0.25, -0.2) is 0 Å². The second-order valence-corrected chi connectivity index (χ2v) is 6.98. The SMILES string of the molecule is CCn1c(SCc2nc(-c3cccc(Cl)c3)no2)nnc1-c1ccncc1. The van der Waals surface area contributed by atoms with Crippen LogP contribution in [0.4, 0.5) is 0 Å². The molecule has 3 heterocycles. The Morgan fingerprint density at radius 3 is 2.74 bits per heavy atom. The molecule has 4 aromatic rings. The lowest BCUT2D eigenvalue weighted by molar-refractivity contribution is 0.391. The Morgan fingerprint density at radius 1 is 1.11 bits per heavy atom. The predicted molar refractivity (Wildman–Crippen MR) is 103 cm³/mol. The van der Waals surface area contributed by atoms with Gasteiger partial charge in [0.2, 0.25) is 11.7 Å². The van der Waals surface area contributed by atoms with Crippen molar-refractivity contribution in [2.75, 3.05) is 0 Å². The summed E-state index contributed by atoms with van der Waals surface area (Å²) < 4.78 is 7.40. The lowest BCUT2D eigenvalue weighted by Crippen LogP contribution is -2.00. The molecule has 0 saturated carbocycles. The van der Waals surface area contributed by atoms with Gasteiger partial charge >= 0.3 is 0 Å². The molecular formula is C18H15ClN6OS. The zero-order valence-corrected chi connectivity index (χ0v) is 16.0. The number of halogens is 1. The van der Waals surface area contributed by atoms with Gasteiger partial charge in [0.1, 0.15) is 0 Å². The van der Waals surface area contributed by atoms with E-state index in [9.17, 15) is 0 Å². The lowest BCUT2D eigenvalue weighted by Gasteiger charge is -2.06. The summed E-state index contributed by atoms with van der Waals surface area (Å²) in [5.41, 5.74) is 1.80. The first-order chi connectivity index (χ1) is 13.2. The molecule has 0 radical (unpaired) electrons. The van der Waals surface area contributed by atoms with Gasteiger partial charge in [-0.05, 0) is 31.2 Å². The third-order valence-corrected chi connectivity index (χ3v) is 5.03. The average molecular weight is 399 g/mol. The van der Waals surface area contributed by atoms with Gasteiger partial charge in [-0.2, -0.15) is 4.98 Å². The van der Waals surface area contributed by atoms with Crippen molar-refractivity contribution in [2.24, 2.45) is 0 Å². The van der Waals surface area contributed by atoms with Gasteiger partial charge in [0.25, 0.3) is 0 Å². The van der Waals surface area contributed by atoms with Crippen molar-refractivity contribution in [3.63, 3.8) is 0 Å². The Hall–Kier alpha value is -2.71. The van der Waals surface area contributed by atoms with E-state index in [1.54, 1.807) is 24.5 Å². The molecule has 0 aliphatic heterocycles. The predicted octanol–water partition coefficient (Wildman–Crippen LogP) is 4.36. The number of hydrogen-bond donors (Lipinski definition) is 0. The number of rotatable bonds is 6. The average Bonchev–Trinajstić information content (AvgIpc) is 3.34. The molecule has 0 fully saturated rings. The summed E-state index contributed by atoms with van der Waals surface area (Å²) in [6.07, 6.45) is 3.49. The first-order valence-electron chi connectivity index (χ1n) is 8.29. The lowest BCUT2D eigenvalue weighted by atomic mass is 10.2. The topological polar surface area (TPSA) is 82.5 Å². The minimum absolute atomic E-state index is 0.502. The molecule has 0 amide bonds. The molecule has 7 nitrogen and oxygen atoms in total. The summed E-state index contributed by atoms with van der Waals surface area (Å²) in [4.78, 5) is 8.48. The number of benzene rings is 1. The smallest absolute Gasteiger partial charge is 0.237 e. The second kappa shape index (κ2) is 7.89. The van der Waals surface area contributed by atoms with E-state index in [2.05, 4.69) is 32.2 Å². The fourth-order valence-electron chi connectivity index (χ4n) is 2.58. The number of thioether (sulfide) groups is 1. The monoisotopic (exact) mass is 398 g/mol. The van der Waals surface area contributed by atoms with E-state index >= 15 is 0 Å². The molecule has 0 saturated heterocycles. The number of aromatic nitrogens is 6. The van der Waals surface area contributed by atoms with Crippen LogP contribution < -0.4 is 0 Å². The second-order valence-electron chi connectivity index (χ2n) is 5.60. The van der Waals surface area contributed by atoms with E-state index in [0.29, 0.717) is 22.5 Å². The summed E-state index contributed by atoms with van der Waals surface area (Å²) in [5.74, 6) is 2.35. The Labute approximate surface area is 164 Å². The van der Waals surface area contributed by atoms with Crippen LogP contribution in [0.25, 0.3) is 22.8 Å². The first-order valence-corrected chi connectivity index (χ1v) is 9.66. The van der Waals surface area contributed by atoms with E-state index in [0.717, 1.165) is 28.7 Å². The molecule has 9 heteroatoms. The number of hydrogen-bond acceptors (Lipinski definition) is 7. The Balaban J connectivity index is 1.51. The van der Waals surface area contributed by atoms with Gasteiger partial charge in [-0.3, -0.25) is 4.98 Å². The van der Waals surface area contributed by atoms with Crippen LogP contribution >= 0.6 is 23.4 Å². The molecule has 0 N–H and O–H groups in total. The molecule has 0 unspecified atom stereocenters. The highest BCUT2D eigenvalue weighted by Crippen LogP contribution is 2.27. The maximum Gasteiger partial charge on any atom is 0.237 e. The van der Waals surface area contributed by atoms with Crippen LogP contribution in [0.5, 0.6) is 0 Å². The van der Waals surface area contributed by atoms with Gasteiger partial charge in [0.15, 0.2) is 11.0 Å². The van der Waals surface area contributed by atoms with E-state index in [1.807, 2.05) is 28.8 Å². The van der Waals surface area contributed by atoms with Gasteiger partial charge in [0, 0.05) is 35.1 Å². The van der Waals surface area contributed by atoms with E-state index < -0.39 is 0 Å². The van der Waals surface area contributed by atoms with Crippen LogP contribution in [0.1, 0.15) is 12.8 Å². The molecule has 0 aliphatic carbocycles. The zero-order valence-electron chi connectivity index (χ0n) is 14.4. The van der Waals surface area contributed by atoms with Gasteiger partial charge in [-0.1, -0.05) is 40.7 Å². The van der Waals surface area contributed by atoms with Crippen LogP contribution in [-0.4, -0.2) is 29.9 Å². The Kier molecular flexibility index (Phi) is 5.17. The summed E-state index contributed by atoms with van der Waals surface area (Å²) in [7, 11) is 0. The van der Waals surface area contributed by atoms with E-state index in [1.165, 1.54) is 11.8 Å². The van der Waals surface area contributed by atoms with Crippen LogP contribution in [-0.2, 0) is 12.3 Å². The molecule has 27 heavy (non-hydrogen) atoms. The number of pyridine rings is 1. The summed E-state index contributed by atoms with van der Waals surface area (Å²) >= 11 is 7.52. The van der Waals surface area contributed by atoms with Crippen molar-refractivity contribution in [2.45, 2.75) is 24.4 Å². The quantitative estimate of drug-likeness (QED) is 0.446. The van der Waals surface area contributed by atoms with Crippen molar-refractivity contribution in [3.8, 4) is 22.8 Å². The maximum atomic E-state index is 6.02. The van der Waals surface area contributed by atoms with Crippen molar-refractivity contribution >= 4 is 23.4 Å². The molecule has 1 aromatic carbocycles.